The zero-order chi connectivity index (χ0) is 28.4. The molecule has 1 aliphatic rings. The highest BCUT2D eigenvalue weighted by Crippen LogP contribution is 2.23. The molecule has 40 heavy (non-hydrogen) atoms. The van der Waals surface area contributed by atoms with E-state index in [4.69, 9.17) is 0 Å². The van der Waals surface area contributed by atoms with Crippen LogP contribution in [0.2, 0.25) is 0 Å². The van der Waals surface area contributed by atoms with Crippen molar-refractivity contribution >= 4 is 0 Å². The lowest BCUT2D eigenvalue weighted by molar-refractivity contribution is 0.148. The molecule has 1 atom stereocenters. The van der Waals surface area contributed by atoms with Gasteiger partial charge in [0.2, 0.25) is 0 Å². The van der Waals surface area contributed by atoms with Crippen molar-refractivity contribution in [1.82, 2.24) is 9.80 Å². The molecule has 0 fully saturated rings. The second kappa shape index (κ2) is 25.3. The third-order valence-corrected chi connectivity index (χ3v) is 9.02. The molecule has 0 bridgehead atoms. The molecular formula is C38H68N2. The summed E-state index contributed by atoms with van der Waals surface area (Å²) in [4.78, 5) is 5.28. The first-order valence-corrected chi connectivity index (χ1v) is 18.1. The number of nitrogens with zero attached hydrogens (tertiary/aromatic N) is 2. The summed E-state index contributed by atoms with van der Waals surface area (Å²) in [6, 6.07) is 11.2. The molecule has 0 aliphatic carbocycles. The number of hydrogen-bond donors (Lipinski definition) is 0. The zero-order valence-electron chi connectivity index (χ0n) is 27.1. The monoisotopic (exact) mass is 553 g/mol. The highest BCUT2D eigenvalue weighted by Gasteiger charge is 2.25. The molecule has 230 valence electrons. The molecule has 0 radical (unpaired) electrons. The molecule has 2 rings (SSSR count). The van der Waals surface area contributed by atoms with Crippen molar-refractivity contribution in [3.63, 3.8) is 0 Å². The minimum Gasteiger partial charge on any atom is -0.356 e. The molecule has 2 heteroatoms. The lowest BCUT2D eigenvalue weighted by atomic mass is 10.0. The SMILES string of the molecule is CCCCCCCCCCCCCCCCN1C=CN(CCCCCCCCCCCC)C1Cc1ccccc1. The second-order valence-corrected chi connectivity index (χ2v) is 12.7. The molecule has 0 saturated carbocycles. The summed E-state index contributed by atoms with van der Waals surface area (Å²) in [5, 5.41) is 0. The summed E-state index contributed by atoms with van der Waals surface area (Å²) in [5.41, 5.74) is 1.47. The van der Waals surface area contributed by atoms with Crippen LogP contribution in [0.25, 0.3) is 0 Å². The van der Waals surface area contributed by atoms with Crippen molar-refractivity contribution in [3.8, 4) is 0 Å². The lowest BCUT2D eigenvalue weighted by Crippen LogP contribution is -2.41. The van der Waals surface area contributed by atoms with Crippen LogP contribution in [0.4, 0.5) is 0 Å². The van der Waals surface area contributed by atoms with Crippen molar-refractivity contribution in [2.45, 2.75) is 181 Å². The normalized spacial score (nSPS) is 15.0. The van der Waals surface area contributed by atoms with E-state index in [2.05, 4.69) is 66.4 Å². The maximum atomic E-state index is 2.64. The van der Waals surface area contributed by atoms with E-state index in [1.807, 2.05) is 0 Å². The highest BCUT2D eigenvalue weighted by atomic mass is 15.4. The third-order valence-electron chi connectivity index (χ3n) is 9.02. The van der Waals surface area contributed by atoms with Gasteiger partial charge in [0.15, 0.2) is 0 Å². The van der Waals surface area contributed by atoms with Crippen LogP contribution in [0.5, 0.6) is 0 Å². The van der Waals surface area contributed by atoms with Gasteiger partial charge in [-0.1, -0.05) is 185 Å². The molecular weight excluding hydrogens is 484 g/mol. The van der Waals surface area contributed by atoms with Gasteiger partial charge >= 0.3 is 0 Å². The van der Waals surface area contributed by atoms with Gasteiger partial charge in [0.25, 0.3) is 0 Å². The number of benzene rings is 1. The van der Waals surface area contributed by atoms with Gasteiger partial charge in [0, 0.05) is 31.9 Å². The lowest BCUT2D eigenvalue weighted by Gasteiger charge is -2.33. The van der Waals surface area contributed by atoms with Gasteiger partial charge < -0.3 is 9.80 Å². The molecule has 1 aliphatic heterocycles. The van der Waals surface area contributed by atoms with Gasteiger partial charge in [-0.15, -0.1) is 0 Å². The maximum absolute atomic E-state index is 2.64. The first-order valence-electron chi connectivity index (χ1n) is 18.1. The Labute approximate surface area is 251 Å². The summed E-state index contributed by atoms with van der Waals surface area (Å²) in [7, 11) is 0. The Hall–Kier alpha value is -1.44. The fourth-order valence-corrected chi connectivity index (χ4v) is 6.34. The first-order chi connectivity index (χ1) is 19.8. The quantitative estimate of drug-likeness (QED) is 0.0954. The van der Waals surface area contributed by atoms with Crippen LogP contribution >= 0.6 is 0 Å². The Kier molecular flexibility index (Phi) is 22.0. The van der Waals surface area contributed by atoms with E-state index >= 15 is 0 Å². The minimum absolute atomic E-state index is 0.503. The Morgan fingerprint density at radius 3 is 1.10 bits per heavy atom. The summed E-state index contributed by atoms with van der Waals surface area (Å²) >= 11 is 0. The predicted octanol–water partition coefficient (Wildman–Crippen LogP) is 12.0. The van der Waals surface area contributed by atoms with Crippen LogP contribution in [-0.4, -0.2) is 29.1 Å². The Morgan fingerprint density at radius 2 is 0.750 bits per heavy atom. The Bertz CT molecular complexity index is 684. The van der Waals surface area contributed by atoms with Crippen LogP contribution in [0.3, 0.4) is 0 Å². The van der Waals surface area contributed by atoms with Gasteiger partial charge in [0.05, 0.1) is 0 Å². The molecule has 1 unspecified atom stereocenters. The average molecular weight is 553 g/mol. The van der Waals surface area contributed by atoms with Crippen LogP contribution in [0.1, 0.15) is 174 Å². The van der Waals surface area contributed by atoms with E-state index in [1.165, 1.54) is 173 Å². The van der Waals surface area contributed by atoms with Gasteiger partial charge in [-0.2, -0.15) is 0 Å². The van der Waals surface area contributed by atoms with Crippen molar-refractivity contribution in [2.24, 2.45) is 0 Å². The zero-order valence-corrected chi connectivity index (χ0v) is 27.1. The molecule has 0 aromatic heterocycles. The van der Waals surface area contributed by atoms with Crippen molar-refractivity contribution < 1.29 is 0 Å². The number of rotatable bonds is 28. The minimum atomic E-state index is 0.503. The first kappa shape index (κ1) is 34.8. The van der Waals surface area contributed by atoms with Crippen molar-refractivity contribution in [1.29, 1.82) is 0 Å². The fraction of sp³-hybridized carbons (Fsp3) is 0.789. The van der Waals surface area contributed by atoms with Gasteiger partial charge in [-0.25, -0.2) is 0 Å². The second-order valence-electron chi connectivity index (χ2n) is 12.7. The highest BCUT2D eigenvalue weighted by molar-refractivity contribution is 5.17. The van der Waals surface area contributed by atoms with Crippen molar-refractivity contribution in [2.75, 3.05) is 13.1 Å². The Balaban J connectivity index is 1.56. The third kappa shape index (κ3) is 17.4. The van der Waals surface area contributed by atoms with Crippen LogP contribution < -0.4 is 0 Å². The number of hydrogen-bond acceptors (Lipinski definition) is 2. The number of unbranched alkanes of at least 4 members (excludes halogenated alkanes) is 22. The van der Waals surface area contributed by atoms with Crippen LogP contribution in [0, 0.1) is 0 Å². The molecule has 0 saturated heterocycles. The molecule has 0 amide bonds. The van der Waals surface area contributed by atoms with Gasteiger partial charge in [-0.05, 0) is 18.4 Å². The maximum Gasteiger partial charge on any atom is 0.105 e. The summed E-state index contributed by atoms with van der Waals surface area (Å²) in [5.74, 6) is 0. The van der Waals surface area contributed by atoms with Crippen LogP contribution in [-0.2, 0) is 6.42 Å². The topological polar surface area (TPSA) is 6.48 Å². The van der Waals surface area contributed by atoms with Crippen LogP contribution in [0.15, 0.2) is 42.7 Å². The molecule has 2 nitrogen and oxygen atoms in total. The van der Waals surface area contributed by atoms with E-state index in [-0.39, 0.29) is 0 Å². The van der Waals surface area contributed by atoms with E-state index in [9.17, 15) is 0 Å². The summed E-state index contributed by atoms with van der Waals surface area (Å²) in [6.45, 7) is 7.03. The molecule has 1 aromatic carbocycles. The van der Waals surface area contributed by atoms with E-state index in [0.717, 1.165) is 6.42 Å². The summed E-state index contributed by atoms with van der Waals surface area (Å²) < 4.78 is 0. The average Bonchev–Trinajstić information content (AvgIpc) is 3.35. The Morgan fingerprint density at radius 1 is 0.425 bits per heavy atom. The molecule has 1 heterocycles. The van der Waals surface area contributed by atoms with Crippen molar-refractivity contribution in [3.05, 3.63) is 48.3 Å². The predicted molar refractivity (Wildman–Crippen MR) is 179 cm³/mol. The smallest absolute Gasteiger partial charge is 0.105 e. The van der Waals surface area contributed by atoms with E-state index in [0.29, 0.717) is 6.17 Å². The van der Waals surface area contributed by atoms with Gasteiger partial charge in [-0.3, -0.25) is 0 Å². The van der Waals surface area contributed by atoms with E-state index < -0.39 is 0 Å². The van der Waals surface area contributed by atoms with Gasteiger partial charge in [0.1, 0.15) is 6.17 Å². The standard InChI is InChI=1S/C38H68N2/c1-3-5-7-9-11-13-15-16-17-18-20-22-24-29-33-40-35-34-39(38(40)36-37-30-26-25-27-31-37)32-28-23-21-19-14-12-10-8-6-4-2/h25-27,30-31,34-35,38H,3-24,28-29,32-33,36H2,1-2H3. The summed E-state index contributed by atoms with van der Waals surface area (Å²) in [6.07, 6.45) is 40.6. The largest absolute Gasteiger partial charge is 0.356 e. The fourth-order valence-electron chi connectivity index (χ4n) is 6.34. The molecule has 0 spiro atoms. The van der Waals surface area contributed by atoms with E-state index in [1.54, 1.807) is 0 Å². The molecule has 0 N–H and O–H groups in total. The molecule has 1 aromatic rings.